The van der Waals surface area contributed by atoms with E-state index in [0.29, 0.717) is 0 Å². The minimum Gasteiger partial charge on any atom is -0.494 e. The number of hydrogen-bond donors (Lipinski definition) is 0. The van der Waals surface area contributed by atoms with Gasteiger partial charge >= 0.3 is 0 Å². The van der Waals surface area contributed by atoms with Crippen LogP contribution in [0.15, 0.2) is 34.6 Å². The molecule has 0 atom stereocenters. The number of rotatable bonds is 7. The number of aryl methyl sites for hydroxylation is 2. The van der Waals surface area contributed by atoms with Gasteiger partial charge in [0, 0.05) is 6.07 Å². The highest BCUT2D eigenvalue weighted by atomic mass is 16.5. The number of hydrogen-bond acceptors (Lipinski definition) is 3. The molecule has 0 aliphatic heterocycles. The lowest BCUT2D eigenvalue weighted by Gasteiger charge is -2.09. The second-order valence-corrected chi connectivity index (χ2v) is 4.67. The molecule has 1 heterocycles. The summed E-state index contributed by atoms with van der Waals surface area (Å²) in [6.07, 6.45) is 13.1. The third-order valence-electron chi connectivity index (χ3n) is 2.98. The van der Waals surface area contributed by atoms with E-state index in [2.05, 4.69) is 23.4 Å². The summed E-state index contributed by atoms with van der Waals surface area (Å²) in [4.78, 5) is 0. The van der Waals surface area contributed by atoms with Gasteiger partial charge in [-0.15, -0.1) is 0 Å². The van der Waals surface area contributed by atoms with E-state index < -0.39 is 0 Å². The van der Waals surface area contributed by atoms with Crippen LogP contribution in [-0.2, 0) is 11.2 Å². The molecule has 0 spiro atoms. The molecule has 1 aromatic rings. The summed E-state index contributed by atoms with van der Waals surface area (Å²) in [6.45, 7) is 2.74. The van der Waals surface area contributed by atoms with E-state index in [0.717, 1.165) is 55.9 Å². The molecule has 2 rings (SSSR count). The Bertz CT molecular complexity index is 418. The van der Waals surface area contributed by atoms with Crippen molar-refractivity contribution in [3.05, 3.63) is 41.5 Å². The highest BCUT2D eigenvalue weighted by Gasteiger charge is 2.01. The maximum atomic E-state index is 5.68. The van der Waals surface area contributed by atoms with Crippen molar-refractivity contribution in [2.75, 3.05) is 6.61 Å². The zero-order valence-corrected chi connectivity index (χ0v) is 11.0. The van der Waals surface area contributed by atoms with Crippen LogP contribution in [0.4, 0.5) is 0 Å². The number of allylic oxidation sites excluding steroid dienone is 3. The fourth-order valence-electron chi connectivity index (χ4n) is 2.01. The third-order valence-corrected chi connectivity index (χ3v) is 2.98. The lowest BCUT2D eigenvalue weighted by Crippen LogP contribution is -1.96. The SMILES string of the molecule is Cc1cc(CCCCCOC2=CCCC=C2)no1. The lowest BCUT2D eigenvalue weighted by molar-refractivity contribution is 0.215. The molecule has 0 fully saturated rings. The fourth-order valence-corrected chi connectivity index (χ4v) is 2.01. The average Bonchev–Trinajstić information content (AvgIpc) is 2.81. The molecule has 0 bridgehead atoms. The average molecular weight is 247 g/mol. The number of nitrogens with zero attached hydrogens (tertiary/aromatic N) is 1. The van der Waals surface area contributed by atoms with E-state index in [1.807, 2.05) is 13.0 Å². The van der Waals surface area contributed by atoms with Crippen LogP contribution < -0.4 is 0 Å². The van der Waals surface area contributed by atoms with Crippen molar-refractivity contribution in [1.29, 1.82) is 0 Å². The predicted molar refractivity (Wildman–Crippen MR) is 71.2 cm³/mol. The zero-order chi connectivity index (χ0) is 12.6. The van der Waals surface area contributed by atoms with Gasteiger partial charge in [0.2, 0.25) is 0 Å². The second-order valence-electron chi connectivity index (χ2n) is 4.67. The summed E-state index contributed by atoms with van der Waals surface area (Å²) in [5.74, 6) is 1.93. The van der Waals surface area contributed by atoms with E-state index in [-0.39, 0.29) is 0 Å². The maximum Gasteiger partial charge on any atom is 0.133 e. The Balaban J connectivity index is 1.51. The van der Waals surface area contributed by atoms with E-state index in [9.17, 15) is 0 Å². The smallest absolute Gasteiger partial charge is 0.133 e. The quantitative estimate of drug-likeness (QED) is 0.684. The Labute approximate surface area is 109 Å². The largest absolute Gasteiger partial charge is 0.494 e. The Morgan fingerprint density at radius 2 is 2.22 bits per heavy atom. The lowest BCUT2D eigenvalue weighted by atomic mass is 10.1. The fraction of sp³-hybridized carbons (Fsp3) is 0.533. The Hall–Kier alpha value is -1.51. The monoisotopic (exact) mass is 247 g/mol. The molecule has 1 aliphatic carbocycles. The van der Waals surface area contributed by atoms with Crippen LogP contribution in [0.25, 0.3) is 0 Å². The van der Waals surface area contributed by atoms with Gasteiger partial charge in [-0.1, -0.05) is 11.2 Å². The van der Waals surface area contributed by atoms with Crippen LogP contribution in [0.5, 0.6) is 0 Å². The van der Waals surface area contributed by atoms with Gasteiger partial charge in [0.05, 0.1) is 12.3 Å². The van der Waals surface area contributed by atoms with Gasteiger partial charge in [-0.05, 0) is 57.6 Å². The Morgan fingerprint density at radius 3 is 2.94 bits per heavy atom. The topological polar surface area (TPSA) is 35.3 Å². The molecule has 0 saturated carbocycles. The summed E-state index contributed by atoms with van der Waals surface area (Å²) in [5, 5.41) is 3.98. The molecule has 1 aromatic heterocycles. The third kappa shape index (κ3) is 4.40. The number of ether oxygens (including phenoxy) is 1. The van der Waals surface area contributed by atoms with Crippen molar-refractivity contribution in [2.45, 2.75) is 45.4 Å². The van der Waals surface area contributed by atoms with Crippen LogP contribution in [0, 0.1) is 6.92 Å². The summed E-state index contributed by atoms with van der Waals surface area (Å²) < 4.78 is 10.7. The van der Waals surface area contributed by atoms with E-state index in [4.69, 9.17) is 9.26 Å². The van der Waals surface area contributed by atoms with Gasteiger partial charge in [-0.2, -0.15) is 0 Å². The molecule has 18 heavy (non-hydrogen) atoms. The van der Waals surface area contributed by atoms with Crippen LogP contribution >= 0.6 is 0 Å². The second kappa shape index (κ2) is 7.04. The predicted octanol–water partition coefficient (Wildman–Crippen LogP) is 3.95. The van der Waals surface area contributed by atoms with Gasteiger partial charge in [0.25, 0.3) is 0 Å². The van der Waals surface area contributed by atoms with Crippen molar-refractivity contribution in [3.63, 3.8) is 0 Å². The summed E-state index contributed by atoms with van der Waals surface area (Å²) in [6, 6.07) is 2.01. The van der Waals surface area contributed by atoms with Gasteiger partial charge in [0.15, 0.2) is 0 Å². The molecule has 1 aliphatic rings. The van der Waals surface area contributed by atoms with Crippen LogP contribution in [0.3, 0.4) is 0 Å². The Kier molecular flexibility index (Phi) is 5.06. The summed E-state index contributed by atoms with van der Waals surface area (Å²) in [5.41, 5.74) is 1.06. The highest BCUT2D eigenvalue weighted by molar-refractivity contribution is 5.15. The van der Waals surface area contributed by atoms with E-state index >= 15 is 0 Å². The van der Waals surface area contributed by atoms with Crippen molar-refractivity contribution >= 4 is 0 Å². The van der Waals surface area contributed by atoms with Gasteiger partial charge in [-0.3, -0.25) is 0 Å². The first-order valence-corrected chi connectivity index (χ1v) is 6.76. The van der Waals surface area contributed by atoms with Crippen molar-refractivity contribution in [2.24, 2.45) is 0 Å². The summed E-state index contributed by atoms with van der Waals surface area (Å²) in [7, 11) is 0. The maximum absolute atomic E-state index is 5.68. The molecule has 3 heteroatoms. The minimum atomic E-state index is 0.814. The molecule has 98 valence electrons. The molecule has 0 amide bonds. The van der Waals surface area contributed by atoms with Crippen molar-refractivity contribution in [3.8, 4) is 0 Å². The van der Waals surface area contributed by atoms with Crippen molar-refractivity contribution < 1.29 is 9.26 Å². The standard InChI is InChI=1S/C15H21NO2/c1-13-12-14(16-18-13)8-4-3-7-11-17-15-9-5-2-6-10-15/h5,9-10,12H,2-4,6-8,11H2,1H3. The molecule has 0 radical (unpaired) electrons. The number of aromatic nitrogens is 1. The molecule has 0 aromatic carbocycles. The normalized spacial score (nSPS) is 14.6. The molecule has 3 nitrogen and oxygen atoms in total. The highest BCUT2D eigenvalue weighted by Crippen LogP contribution is 2.12. The van der Waals surface area contributed by atoms with Crippen LogP contribution in [-0.4, -0.2) is 11.8 Å². The summed E-state index contributed by atoms with van der Waals surface area (Å²) >= 11 is 0. The van der Waals surface area contributed by atoms with E-state index in [1.165, 1.54) is 6.42 Å². The van der Waals surface area contributed by atoms with Crippen LogP contribution in [0.1, 0.15) is 43.6 Å². The number of unbranched alkanes of at least 4 members (excludes halogenated alkanes) is 2. The zero-order valence-electron chi connectivity index (χ0n) is 11.0. The first kappa shape index (κ1) is 12.9. The molecular weight excluding hydrogens is 226 g/mol. The van der Waals surface area contributed by atoms with Gasteiger partial charge < -0.3 is 9.26 Å². The van der Waals surface area contributed by atoms with Gasteiger partial charge in [0.1, 0.15) is 11.5 Å². The molecular formula is C15H21NO2. The molecule has 0 unspecified atom stereocenters. The van der Waals surface area contributed by atoms with E-state index in [1.54, 1.807) is 0 Å². The minimum absolute atomic E-state index is 0.814. The molecule has 0 saturated heterocycles. The van der Waals surface area contributed by atoms with Gasteiger partial charge in [-0.25, -0.2) is 0 Å². The first-order chi connectivity index (χ1) is 8.84. The van der Waals surface area contributed by atoms with Crippen molar-refractivity contribution in [1.82, 2.24) is 5.16 Å². The Morgan fingerprint density at radius 1 is 1.28 bits per heavy atom. The first-order valence-electron chi connectivity index (χ1n) is 6.76. The van der Waals surface area contributed by atoms with Crippen LogP contribution in [0.2, 0.25) is 0 Å². The molecule has 0 N–H and O–H groups in total.